The van der Waals surface area contributed by atoms with Gasteiger partial charge in [0.25, 0.3) is 0 Å². The third-order valence-electron chi connectivity index (χ3n) is 4.64. The lowest BCUT2D eigenvalue weighted by atomic mass is 9.97. The zero-order chi connectivity index (χ0) is 19.1. The summed E-state index contributed by atoms with van der Waals surface area (Å²) in [6, 6.07) is 7.46. The summed E-state index contributed by atoms with van der Waals surface area (Å²) < 4.78 is 4.70. The molecule has 1 aliphatic rings. The molecule has 142 valence electrons. The molecule has 1 aromatic rings. The number of hydrogen-bond donors (Lipinski definition) is 2. The minimum absolute atomic E-state index is 0.248. The van der Waals surface area contributed by atoms with Gasteiger partial charge in [-0.1, -0.05) is 26.0 Å². The van der Waals surface area contributed by atoms with Gasteiger partial charge in [-0.3, -0.25) is 9.59 Å². The number of carbonyl (C=O) groups excluding carboxylic acids is 3. The molecule has 7 nitrogen and oxygen atoms in total. The monoisotopic (exact) mass is 361 g/mol. The smallest absolute Gasteiger partial charge is 0.409 e. The molecule has 0 atom stereocenters. The maximum Gasteiger partial charge on any atom is 0.409 e. The van der Waals surface area contributed by atoms with E-state index in [0.29, 0.717) is 31.2 Å². The maximum absolute atomic E-state index is 12.0. The van der Waals surface area contributed by atoms with Crippen molar-refractivity contribution in [2.75, 3.05) is 32.1 Å². The molecule has 3 amide bonds. The third kappa shape index (κ3) is 5.47. The predicted octanol–water partition coefficient (Wildman–Crippen LogP) is 2.34. The van der Waals surface area contributed by atoms with Crippen LogP contribution >= 0.6 is 0 Å². The number of nitrogens with one attached hydrogen (secondary N) is 2. The van der Waals surface area contributed by atoms with Crippen molar-refractivity contribution < 1.29 is 19.1 Å². The number of methoxy groups -OCH3 is 1. The highest BCUT2D eigenvalue weighted by molar-refractivity contribution is 6.39. The first kappa shape index (κ1) is 19.8. The van der Waals surface area contributed by atoms with E-state index in [9.17, 15) is 14.4 Å². The Balaban J connectivity index is 1.74. The van der Waals surface area contributed by atoms with Gasteiger partial charge in [-0.15, -0.1) is 0 Å². The van der Waals surface area contributed by atoms with Crippen LogP contribution in [-0.2, 0) is 14.3 Å². The Hall–Kier alpha value is -2.57. The molecule has 2 N–H and O–H groups in total. The number of ether oxygens (including phenoxy) is 1. The van der Waals surface area contributed by atoms with Crippen LogP contribution in [0.4, 0.5) is 10.5 Å². The average Bonchev–Trinajstić information content (AvgIpc) is 2.66. The van der Waals surface area contributed by atoms with Crippen LogP contribution in [-0.4, -0.2) is 49.6 Å². The molecule has 2 rings (SSSR count). The third-order valence-corrected chi connectivity index (χ3v) is 4.64. The van der Waals surface area contributed by atoms with Gasteiger partial charge >= 0.3 is 17.9 Å². The van der Waals surface area contributed by atoms with Crippen molar-refractivity contribution in [3.63, 3.8) is 0 Å². The summed E-state index contributed by atoms with van der Waals surface area (Å²) in [7, 11) is 1.36. The van der Waals surface area contributed by atoms with Crippen LogP contribution in [0.3, 0.4) is 0 Å². The lowest BCUT2D eigenvalue weighted by molar-refractivity contribution is -0.136. The molecule has 0 bridgehead atoms. The quantitative estimate of drug-likeness (QED) is 0.806. The fraction of sp³-hybridized carbons (Fsp3) is 0.526. The minimum atomic E-state index is -0.672. The molecule has 1 aromatic carbocycles. The number of likely N-dealkylation sites (tertiary alicyclic amines) is 1. The molecule has 0 saturated carbocycles. The summed E-state index contributed by atoms with van der Waals surface area (Å²) in [4.78, 5) is 37.1. The topological polar surface area (TPSA) is 87.7 Å². The molecule has 1 saturated heterocycles. The van der Waals surface area contributed by atoms with Crippen molar-refractivity contribution in [3.8, 4) is 0 Å². The van der Waals surface area contributed by atoms with Crippen LogP contribution in [0.5, 0.6) is 0 Å². The molecule has 26 heavy (non-hydrogen) atoms. The van der Waals surface area contributed by atoms with E-state index in [2.05, 4.69) is 24.5 Å². The van der Waals surface area contributed by atoms with Crippen molar-refractivity contribution in [1.29, 1.82) is 0 Å². The van der Waals surface area contributed by atoms with Gasteiger partial charge in [-0.05, 0) is 42.4 Å². The number of amides is 3. The minimum Gasteiger partial charge on any atom is -0.453 e. The van der Waals surface area contributed by atoms with Crippen LogP contribution in [0.2, 0.25) is 0 Å². The van der Waals surface area contributed by atoms with Crippen molar-refractivity contribution in [2.45, 2.75) is 32.6 Å². The second kappa shape index (κ2) is 9.22. The van der Waals surface area contributed by atoms with E-state index < -0.39 is 11.8 Å². The van der Waals surface area contributed by atoms with E-state index >= 15 is 0 Å². The van der Waals surface area contributed by atoms with Gasteiger partial charge in [0.05, 0.1) is 7.11 Å². The van der Waals surface area contributed by atoms with Crippen molar-refractivity contribution >= 4 is 23.6 Å². The van der Waals surface area contributed by atoms with E-state index in [4.69, 9.17) is 4.74 Å². The Labute approximate surface area is 154 Å². The predicted molar refractivity (Wildman–Crippen MR) is 98.9 cm³/mol. The molecular formula is C19H27N3O4. The number of carbonyl (C=O) groups is 3. The van der Waals surface area contributed by atoms with E-state index in [-0.39, 0.29) is 12.0 Å². The highest BCUT2D eigenvalue weighted by Crippen LogP contribution is 2.18. The molecule has 1 fully saturated rings. The number of rotatable bonds is 4. The van der Waals surface area contributed by atoms with Crippen molar-refractivity contribution in [1.82, 2.24) is 10.2 Å². The summed E-state index contributed by atoms with van der Waals surface area (Å²) in [5.74, 6) is -0.658. The normalized spacial score (nSPS) is 14.8. The Morgan fingerprint density at radius 2 is 1.73 bits per heavy atom. The van der Waals surface area contributed by atoms with Gasteiger partial charge in [-0.25, -0.2) is 4.79 Å². The Morgan fingerprint density at radius 3 is 2.27 bits per heavy atom. The first-order valence-electron chi connectivity index (χ1n) is 8.92. The number of hydrogen-bond acceptors (Lipinski definition) is 4. The highest BCUT2D eigenvalue weighted by atomic mass is 16.5. The molecule has 0 aliphatic carbocycles. The molecule has 0 radical (unpaired) electrons. The number of piperidine rings is 1. The molecule has 1 aliphatic heterocycles. The van der Waals surface area contributed by atoms with Gasteiger partial charge in [0, 0.05) is 25.3 Å². The maximum atomic E-state index is 12.0. The van der Waals surface area contributed by atoms with Gasteiger partial charge in [0.15, 0.2) is 0 Å². The summed E-state index contributed by atoms with van der Waals surface area (Å²) in [5, 5.41) is 5.28. The van der Waals surface area contributed by atoms with Gasteiger partial charge in [0.2, 0.25) is 0 Å². The van der Waals surface area contributed by atoms with E-state index in [1.807, 2.05) is 12.1 Å². The molecule has 7 heteroatoms. The molecule has 0 spiro atoms. The zero-order valence-corrected chi connectivity index (χ0v) is 15.6. The van der Waals surface area contributed by atoms with Gasteiger partial charge in [-0.2, -0.15) is 0 Å². The summed E-state index contributed by atoms with van der Waals surface area (Å²) in [6.07, 6.45) is 1.22. The largest absolute Gasteiger partial charge is 0.453 e. The molecule has 1 heterocycles. The standard InChI is InChI=1S/C19H27N3O4/c1-13(2)15-4-6-16(7-5-15)21-18(24)17(23)20-12-14-8-10-22(11-9-14)19(25)26-3/h4-7,13-14H,8-12H2,1-3H3,(H,20,23)(H,21,24). The number of nitrogens with zero attached hydrogens (tertiary/aromatic N) is 1. The highest BCUT2D eigenvalue weighted by Gasteiger charge is 2.24. The van der Waals surface area contributed by atoms with Crippen LogP contribution in [0.15, 0.2) is 24.3 Å². The first-order valence-corrected chi connectivity index (χ1v) is 8.92. The second-order valence-electron chi connectivity index (χ2n) is 6.84. The lowest BCUT2D eigenvalue weighted by Gasteiger charge is -2.30. The van der Waals surface area contributed by atoms with Crippen molar-refractivity contribution in [2.24, 2.45) is 5.92 Å². The lowest BCUT2D eigenvalue weighted by Crippen LogP contribution is -2.43. The molecular weight excluding hydrogens is 334 g/mol. The Bertz CT molecular complexity index is 635. The fourth-order valence-corrected chi connectivity index (χ4v) is 2.91. The van der Waals surface area contributed by atoms with Crippen LogP contribution in [0.25, 0.3) is 0 Å². The van der Waals surface area contributed by atoms with Gasteiger partial charge in [0.1, 0.15) is 0 Å². The first-order chi connectivity index (χ1) is 12.4. The SMILES string of the molecule is COC(=O)N1CCC(CNC(=O)C(=O)Nc2ccc(C(C)C)cc2)CC1. The molecule has 0 aromatic heterocycles. The van der Waals surface area contributed by atoms with Crippen LogP contribution in [0.1, 0.15) is 38.2 Å². The second-order valence-corrected chi connectivity index (χ2v) is 6.84. The van der Waals surface area contributed by atoms with E-state index in [1.54, 1.807) is 17.0 Å². The summed E-state index contributed by atoms with van der Waals surface area (Å²) in [5.41, 5.74) is 1.77. The van der Waals surface area contributed by atoms with Gasteiger partial charge < -0.3 is 20.3 Å². The summed E-state index contributed by atoms with van der Waals surface area (Å²) in [6.45, 7) is 5.81. The fourth-order valence-electron chi connectivity index (χ4n) is 2.91. The molecule has 0 unspecified atom stereocenters. The van der Waals surface area contributed by atoms with Crippen LogP contribution in [0, 0.1) is 5.92 Å². The summed E-state index contributed by atoms with van der Waals surface area (Å²) >= 11 is 0. The number of benzene rings is 1. The Kier molecular flexibility index (Phi) is 7.00. The zero-order valence-electron chi connectivity index (χ0n) is 15.6. The number of anilines is 1. The van der Waals surface area contributed by atoms with E-state index in [1.165, 1.54) is 12.7 Å². The Morgan fingerprint density at radius 1 is 1.12 bits per heavy atom. The van der Waals surface area contributed by atoms with Crippen LogP contribution < -0.4 is 10.6 Å². The van der Waals surface area contributed by atoms with E-state index in [0.717, 1.165) is 12.8 Å². The average molecular weight is 361 g/mol. The van der Waals surface area contributed by atoms with Crippen molar-refractivity contribution in [3.05, 3.63) is 29.8 Å².